The average Bonchev–Trinajstić information content (AvgIpc) is 3.05. The Morgan fingerprint density at radius 3 is 2.70 bits per heavy atom. The fourth-order valence-electron chi connectivity index (χ4n) is 2.68. The molecule has 2 rings (SSSR count). The van der Waals surface area contributed by atoms with Gasteiger partial charge < -0.3 is 19.8 Å². The van der Waals surface area contributed by atoms with Gasteiger partial charge in [-0.2, -0.15) is 0 Å². The monoisotopic (exact) mass is 345 g/mol. The molecule has 1 aromatic rings. The maximum absolute atomic E-state index is 12.2. The van der Waals surface area contributed by atoms with Gasteiger partial charge in [-0.05, 0) is 45.1 Å². The lowest BCUT2D eigenvalue weighted by molar-refractivity contribution is 0.0505. The van der Waals surface area contributed by atoms with Gasteiger partial charge in [0.05, 0.1) is 6.61 Å². The zero-order valence-electron chi connectivity index (χ0n) is 13.3. The smallest absolute Gasteiger partial charge is 0.287 e. The van der Waals surface area contributed by atoms with Gasteiger partial charge >= 0.3 is 0 Å². The third kappa shape index (κ3) is 4.31. The molecular formula is C14H23N3O5S. The van der Waals surface area contributed by atoms with E-state index in [1.165, 1.54) is 19.2 Å². The number of piperidine rings is 1. The van der Waals surface area contributed by atoms with Gasteiger partial charge in [-0.3, -0.25) is 4.79 Å². The minimum Gasteiger partial charge on any atom is -0.438 e. The number of nitrogens with one attached hydrogen (secondary N) is 3. The number of hydrogen-bond acceptors (Lipinski definition) is 6. The van der Waals surface area contributed by atoms with Crippen molar-refractivity contribution in [3.63, 3.8) is 0 Å². The second kappa shape index (κ2) is 7.43. The Labute approximate surface area is 136 Å². The van der Waals surface area contributed by atoms with Crippen molar-refractivity contribution < 1.29 is 22.4 Å². The van der Waals surface area contributed by atoms with Crippen LogP contribution >= 0.6 is 0 Å². The highest BCUT2D eigenvalue weighted by Crippen LogP contribution is 2.28. The lowest BCUT2D eigenvalue weighted by atomic mass is 9.79. The molecule has 0 aromatic carbocycles. The first-order valence-electron chi connectivity index (χ1n) is 7.44. The van der Waals surface area contributed by atoms with Gasteiger partial charge in [-0.25, -0.2) is 13.1 Å². The van der Waals surface area contributed by atoms with Crippen LogP contribution in [-0.2, 0) is 14.8 Å². The third-order valence-corrected chi connectivity index (χ3v) is 5.36. The summed E-state index contributed by atoms with van der Waals surface area (Å²) in [5, 5.41) is 5.83. The summed E-state index contributed by atoms with van der Waals surface area (Å²) in [4.78, 5) is 12.2. The Kier molecular flexibility index (Phi) is 5.79. The molecule has 1 aliphatic heterocycles. The van der Waals surface area contributed by atoms with E-state index in [1.807, 2.05) is 0 Å². The topological polar surface area (TPSA) is 110 Å². The molecule has 9 heteroatoms. The lowest BCUT2D eigenvalue weighted by Crippen LogP contribution is -2.47. The zero-order valence-corrected chi connectivity index (χ0v) is 14.2. The quantitative estimate of drug-likeness (QED) is 0.638. The van der Waals surface area contributed by atoms with Gasteiger partial charge in [-0.15, -0.1) is 0 Å². The molecule has 2 heterocycles. The van der Waals surface area contributed by atoms with Crippen LogP contribution in [0, 0.1) is 5.41 Å². The molecule has 0 saturated carbocycles. The van der Waals surface area contributed by atoms with Gasteiger partial charge in [0.1, 0.15) is 0 Å². The first-order valence-corrected chi connectivity index (χ1v) is 8.92. The number of ether oxygens (including phenoxy) is 1. The van der Waals surface area contributed by atoms with Crippen LogP contribution in [-0.4, -0.2) is 54.7 Å². The predicted molar refractivity (Wildman–Crippen MR) is 83.7 cm³/mol. The average molecular weight is 345 g/mol. The summed E-state index contributed by atoms with van der Waals surface area (Å²) in [7, 11) is -0.765. The van der Waals surface area contributed by atoms with E-state index in [2.05, 4.69) is 15.4 Å². The minimum atomic E-state index is -3.69. The van der Waals surface area contributed by atoms with Gasteiger partial charge in [-0.1, -0.05) is 0 Å². The summed E-state index contributed by atoms with van der Waals surface area (Å²) in [6.07, 6.45) is 1.80. The minimum absolute atomic E-state index is 0.0275. The summed E-state index contributed by atoms with van der Waals surface area (Å²) in [6.45, 7) is 2.78. The first-order chi connectivity index (χ1) is 10.9. The Hall–Kier alpha value is -1.42. The molecule has 23 heavy (non-hydrogen) atoms. The molecular weight excluding hydrogens is 322 g/mol. The summed E-state index contributed by atoms with van der Waals surface area (Å²) in [5.74, 6) is -0.461. The van der Waals surface area contributed by atoms with Crippen molar-refractivity contribution in [2.75, 3.05) is 40.4 Å². The van der Waals surface area contributed by atoms with E-state index in [9.17, 15) is 13.2 Å². The molecule has 0 unspecified atom stereocenters. The molecule has 1 amide bonds. The maximum Gasteiger partial charge on any atom is 0.287 e. The number of carbonyl (C=O) groups is 1. The molecule has 1 saturated heterocycles. The van der Waals surface area contributed by atoms with Crippen LogP contribution in [0.15, 0.2) is 21.6 Å². The van der Waals surface area contributed by atoms with Crippen molar-refractivity contribution in [1.82, 2.24) is 15.4 Å². The van der Waals surface area contributed by atoms with E-state index in [1.54, 1.807) is 7.11 Å². The predicted octanol–water partition coefficient (Wildman–Crippen LogP) is -0.0663. The van der Waals surface area contributed by atoms with E-state index in [0.717, 1.165) is 25.9 Å². The van der Waals surface area contributed by atoms with Crippen LogP contribution in [0.5, 0.6) is 0 Å². The molecule has 130 valence electrons. The van der Waals surface area contributed by atoms with Crippen molar-refractivity contribution in [2.24, 2.45) is 5.41 Å². The molecule has 0 aliphatic carbocycles. The second-order valence-electron chi connectivity index (χ2n) is 5.69. The van der Waals surface area contributed by atoms with Crippen LogP contribution in [0.4, 0.5) is 0 Å². The molecule has 3 N–H and O–H groups in total. The Balaban J connectivity index is 2.01. The lowest BCUT2D eigenvalue weighted by Gasteiger charge is -2.37. The number of hydrogen-bond donors (Lipinski definition) is 3. The largest absolute Gasteiger partial charge is 0.438 e. The fraction of sp³-hybridized carbons (Fsp3) is 0.643. The van der Waals surface area contributed by atoms with Crippen molar-refractivity contribution in [1.29, 1.82) is 0 Å². The van der Waals surface area contributed by atoms with E-state index < -0.39 is 15.9 Å². The van der Waals surface area contributed by atoms with Gasteiger partial charge in [0, 0.05) is 19.1 Å². The first kappa shape index (κ1) is 17.9. The maximum atomic E-state index is 12.2. The SMILES string of the molecule is CNS(=O)(=O)c1ccc(C(=O)NCC2(COC)CCNCC2)o1. The Morgan fingerprint density at radius 2 is 2.09 bits per heavy atom. The van der Waals surface area contributed by atoms with E-state index in [0.29, 0.717) is 13.2 Å². The van der Waals surface area contributed by atoms with Gasteiger partial charge in [0.2, 0.25) is 5.09 Å². The molecule has 1 aromatic heterocycles. The number of carbonyl (C=O) groups excluding carboxylic acids is 1. The molecule has 8 nitrogen and oxygen atoms in total. The Morgan fingerprint density at radius 1 is 1.39 bits per heavy atom. The number of sulfonamides is 1. The number of methoxy groups -OCH3 is 1. The number of furan rings is 1. The standard InChI is InChI=1S/C14H23N3O5S/c1-15-23(19,20)12-4-3-11(22-12)13(18)17-9-14(10-21-2)5-7-16-8-6-14/h3-4,15-16H,5-10H2,1-2H3,(H,17,18). The summed E-state index contributed by atoms with van der Waals surface area (Å²) in [5.41, 5.74) is -0.109. The summed E-state index contributed by atoms with van der Waals surface area (Å²) in [6, 6.07) is 2.61. The Bertz CT molecular complexity index is 629. The van der Waals surface area contributed by atoms with E-state index in [-0.39, 0.29) is 16.3 Å². The molecule has 1 aliphatic rings. The summed E-state index contributed by atoms with van der Waals surface area (Å²) >= 11 is 0. The highest BCUT2D eigenvalue weighted by molar-refractivity contribution is 7.89. The number of amides is 1. The fourth-order valence-corrected chi connectivity index (χ4v) is 3.33. The zero-order chi connectivity index (χ0) is 16.9. The van der Waals surface area contributed by atoms with Gasteiger partial charge in [0.25, 0.3) is 15.9 Å². The van der Waals surface area contributed by atoms with Crippen LogP contribution < -0.4 is 15.4 Å². The number of rotatable bonds is 7. The van der Waals surface area contributed by atoms with Gasteiger partial charge in [0.15, 0.2) is 5.76 Å². The molecule has 0 spiro atoms. The summed E-state index contributed by atoms with van der Waals surface area (Å²) < 4.78 is 35.8. The van der Waals surface area contributed by atoms with Crippen LogP contribution in [0.25, 0.3) is 0 Å². The van der Waals surface area contributed by atoms with Crippen molar-refractivity contribution in [3.05, 3.63) is 17.9 Å². The molecule has 1 fully saturated rings. The van der Waals surface area contributed by atoms with E-state index >= 15 is 0 Å². The van der Waals surface area contributed by atoms with Crippen molar-refractivity contribution in [2.45, 2.75) is 17.9 Å². The van der Waals surface area contributed by atoms with E-state index in [4.69, 9.17) is 9.15 Å². The third-order valence-electron chi connectivity index (χ3n) is 4.08. The molecule has 0 radical (unpaired) electrons. The van der Waals surface area contributed by atoms with Crippen LogP contribution in [0.2, 0.25) is 0 Å². The highest BCUT2D eigenvalue weighted by atomic mass is 32.2. The van der Waals surface area contributed by atoms with Crippen LogP contribution in [0.1, 0.15) is 23.4 Å². The second-order valence-corrected chi connectivity index (χ2v) is 7.51. The molecule has 0 atom stereocenters. The normalized spacial score (nSPS) is 17.8. The van der Waals surface area contributed by atoms with Crippen molar-refractivity contribution in [3.8, 4) is 0 Å². The molecule has 0 bridgehead atoms. The highest BCUT2D eigenvalue weighted by Gasteiger charge is 2.33. The van der Waals surface area contributed by atoms with Crippen molar-refractivity contribution >= 4 is 15.9 Å². The van der Waals surface area contributed by atoms with Crippen LogP contribution in [0.3, 0.4) is 0 Å².